The molecule has 0 bridgehead atoms. The van der Waals surface area contributed by atoms with Crippen LogP contribution in [0.25, 0.3) is 0 Å². The highest BCUT2D eigenvalue weighted by Crippen LogP contribution is 2.34. The van der Waals surface area contributed by atoms with Crippen LogP contribution in [0.15, 0.2) is 24.5 Å². The molecule has 0 aliphatic carbocycles. The van der Waals surface area contributed by atoms with Gasteiger partial charge < -0.3 is 19.3 Å². The molecule has 0 radical (unpaired) electrons. The van der Waals surface area contributed by atoms with Crippen LogP contribution < -0.4 is 0 Å². The highest BCUT2D eigenvalue weighted by molar-refractivity contribution is 5.93. The first-order chi connectivity index (χ1) is 12.2. The third kappa shape index (κ3) is 3.86. The summed E-state index contributed by atoms with van der Waals surface area (Å²) in [5, 5.41) is 0. The summed E-state index contributed by atoms with van der Waals surface area (Å²) in [7, 11) is 0. The number of hydrogen-bond donors (Lipinski definition) is 0. The summed E-state index contributed by atoms with van der Waals surface area (Å²) in [5.41, 5.74) is 0.282. The fourth-order valence-electron chi connectivity index (χ4n) is 4.25. The molecule has 3 aliphatic heterocycles. The fourth-order valence-corrected chi connectivity index (χ4v) is 4.25. The summed E-state index contributed by atoms with van der Waals surface area (Å²) in [6.45, 7) is 5.75. The maximum Gasteiger partial charge on any atom is 0.255 e. The lowest BCUT2D eigenvalue weighted by Gasteiger charge is -2.32. The van der Waals surface area contributed by atoms with Gasteiger partial charge in [0.2, 0.25) is 0 Å². The van der Waals surface area contributed by atoms with E-state index in [0.29, 0.717) is 31.9 Å². The van der Waals surface area contributed by atoms with Gasteiger partial charge >= 0.3 is 0 Å². The Hall–Kier alpha value is -1.50. The standard InChI is InChI=1S/C19H27N3O3/c23-18(16-4-3-7-20-12-16)22-10-11-24-15-19(14-22)6-5-17(25-19)13-21-8-1-2-9-21/h3-4,7,12,17H,1-2,5-6,8-11,13-15H2/t17-,19+/m0/s1. The van der Waals surface area contributed by atoms with Crippen LogP contribution >= 0.6 is 0 Å². The Morgan fingerprint density at radius 3 is 3.00 bits per heavy atom. The molecule has 0 N–H and O–H groups in total. The highest BCUT2D eigenvalue weighted by atomic mass is 16.6. The topological polar surface area (TPSA) is 54.9 Å². The number of pyridine rings is 1. The van der Waals surface area contributed by atoms with Gasteiger partial charge in [-0.1, -0.05) is 0 Å². The SMILES string of the molecule is O=C(c1cccnc1)N1CCOC[C@@]2(CC[C@@H](CN3CCCC3)O2)C1. The number of amides is 1. The van der Waals surface area contributed by atoms with Crippen molar-refractivity contribution >= 4 is 5.91 Å². The molecule has 6 nitrogen and oxygen atoms in total. The molecule has 3 saturated heterocycles. The second kappa shape index (κ2) is 7.40. The van der Waals surface area contributed by atoms with E-state index in [9.17, 15) is 4.79 Å². The molecule has 3 aliphatic rings. The number of likely N-dealkylation sites (tertiary alicyclic amines) is 1. The van der Waals surface area contributed by atoms with E-state index in [0.717, 1.165) is 19.4 Å². The van der Waals surface area contributed by atoms with Crippen molar-refractivity contribution < 1.29 is 14.3 Å². The first-order valence-electron chi connectivity index (χ1n) is 9.41. The van der Waals surface area contributed by atoms with Crippen molar-refractivity contribution in [2.75, 3.05) is 45.9 Å². The van der Waals surface area contributed by atoms with Crippen LogP contribution in [0.4, 0.5) is 0 Å². The van der Waals surface area contributed by atoms with Crippen LogP contribution in [0.2, 0.25) is 0 Å². The molecule has 0 unspecified atom stereocenters. The fraction of sp³-hybridized carbons (Fsp3) is 0.684. The molecule has 1 spiro atoms. The van der Waals surface area contributed by atoms with Crippen molar-refractivity contribution in [2.24, 2.45) is 0 Å². The molecule has 2 atom stereocenters. The van der Waals surface area contributed by atoms with E-state index in [1.54, 1.807) is 18.5 Å². The maximum absolute atomic E-state index is 12.8. The minimum atomic E-state index is -0.348. The number of rotatable bonds is 3. The average Bonchev–Trinajstić information content (AvgIpc) is 3.23. The molecule has 1 aromatic heterocycles. The van der Waals surface area contributed by atoms with Gasteiger partial charge in [-0.15, -0.1) is 0 Å². The zero-order chi connectivity index (χ0) is 17.1. The molecule has 3 fully saturated rings. The van der Waals surface area contributed by atoms with Gasteiger partial charge in [0.25, 0.3) is 5.91 Å². The van der Waals surface area contributed by atoms with Crippen LogP contribution in [0.5, 0.6) is 0 Å². The second-order valence-corrected chi connectivity index (χ2v) is 7.49. The summed E-state index contributed by atoms with van der Waals surface area (Å²) in [5.74, 6) is 0.0181. The summed E-state index contributed by atoms with van der Waals surface area (Å²) in [4.78, 5) is 21.3. The monoisotopic (exact) mass is 345 g/mol. The molecule has 136 valence electrons. The van der Waals surface area contributed by atoms with Crippen LogP contribution in [0, 0.1) is 0 Å². The van der Waals surface area contributed by atoms with Crippen molar-refractivity contribution in [3.05, 3.63) is 30.1 Å². The minimum absolute atomic E-state index is 0.0181. The Balaban J connectivity index is 1.42. The number of nitrogens with zero attached hydrogens (tertiary/aromatic N) is 3. The van der Waals surface area contributed by atoms with Crippen LogP contribution in [-0.2, 0) is 9.47 Å². The Bertz CT molecular complexity index is 591. The van der Waals surface area contributed by atoms with Crippen LogP contribution in [0.3, 0.4) is 0 Å². The molecular formula is C19H27N3O3. The third-order valence-electron chi connectivity index (χ3n) is 5.54. The number of aromatic nitrogens is 1. The van der Waals surface area contributed by atoms with E-state index in [1.807, 2.05) is 11.0 Å². The molecule has 6 heteroatoms. The molecule has 25 heavy (non-hydrogen) atoms. The van der Waals surface area contributed by atoms with Crippen molar-refractivity contribution in [1.82, 2.24) is 14.8 Å². The smallest absolute Gasteiger partial charge is 0.255 e. The van der Waals surface area contributed by atoms with Gasteiger partial charge in [-0.25, -0.2) is 0 Å². The van der Waals surface area contributed by atoms with Gasteiger partial charge in [-0.2, -0.15) is 0 Å². The predicted octanol–water partition coefficient (Wildman–Crippen LogP) is 1.57. The summed E-state index contributed by atoms with van der Waals surface area (Å²) in [6, 6.07) is 3.62. The maximum atomic E-state index is 12.8. The average molecular weight is 345 g/mol. The third-order valence-corrected chi connectivity index (χ3v) is 5.54. The lowest BCUT2D eigenvalue weighted by atomic mass is 9.99. The Kier molecular flexibility index (Phi) is 5.01. The van der Waals surface area contributed by atoms with E-state index in [1.165, 1.54) is 25.9 Å². The quantitative estimate of drug-likeness (QED) is 0.832. The first-order valence-corrected chi connectivity index (χ1v) is 9.41. The zero-order valence-electron chi connectivity index (χ0n) is 14.7. The molecule has 4 heterocycles. The lowest BCUT2D eigenvalue weighted by molar-refractivity contribution is -0.0890. The van der Waals surface area contributed by atoms with Crippen LogP contribution in [0.1, 0.15) is 36.0 Å². The van der Waals surface area contributed by atoms with Crippen LogP contribution in [-0.4, -0.2) is 78.3 Å². The molecular weight excluding hydrogens is 318 g/mol. The lowest BCUT2D eigenvalue weighted by Crippen LogP contribution is -2.47. The normalized spacial score (nSPS) is 30.7. The Morgan fingerprint density at radius 2 is 2.20 bits per heavy atom. The van der Waals surface area contributed by atoms with Crippen molar-refractivity contribution in [3.63, 3.8) is 0 Å². The van der Waals surface area contributed by atoms with Gasteiger partial charge in [0.15, 0.2) is 0 Å². The minimum Gasteiger partial charge on any atom is -0.377 e. The van der Waals surface area contributed by atoms with E-state index < -0.39 is 0 Å². The predicted molar refractivity (Wildman–Crippen MR) is 93.5 cm³/mol. The second-order valence-electron chi connectivity index (χ2n) is 7.49. The number of ether oxygens (including phenoxy) is 2. The van der Waals surface area contributed by atoms with E-state index in [4.69, 9.17) is 9.47 Å². The molecule has 0 aromatic carbocycles. The largest absolute Gasteiger partial charge is 0.377 e. The van der Waals surface area contributed by atoms with Gasteiger partial charge in [0.05, 0.1) is 31.4 Å². The number of carbonyl (C=O) groups is 1. The highest BCUT2D eigenvalue weighted by Gasteiger charge is 2.44. The van der Waals surface area contributed by atoms with E-state index in [-0.39, 0.29) is 17.6 Å². The van der Waals surface area contributed by atoms with E-state index in [2.05, 4.69) is 9.88 Å². The first kappa shape index (κ1) is 16.9. The van der Waals surface area contributed by atoms with Crippen molar-refractivity contribution in [2.45, 2.75) is 37.4 Å². The molecule has 1 aromatic rings. The van der Waals surface area contributed by atoms with E-state index >= 15 is 0 Å². The van der Waals surface area contributed by atoms with Gasteiger partial charge in [0, 0.05) is 25.5 Å². The molecule has 1 amide bonds. The number of hydrogen-bond acceptors (Lipinski definition) is 5. The van der Waals surface area contributed by atoms with Crippen molar-refractivity contribution in [3.8, 4) is 0 Å². The molecule has 0 saturated carbocycles. The summed E-state index contributed by atoms with van der Waals surface area (Å²) >= 11 is 0. The Morgan fingerprint density at radius 1 is 1.32 bits per heavy atom. The summed E-state index contributed by atoms with van der Waals surface area (Å²) < 4.78 is 12.3. The van der Waals surface area contributed by atoms with Gasteiger partial charge in [0.1, 0.15) is 5.60 Å². The van der Waals surface area contributed by atoms with Gasteiger partial charge in [-0.05, 0) is 50.9 Å². The summed E-state index contributed by atoms with van der Waals surface area (Å²) in [6.07, 6.45) is 8.19. The molecule has 4 rings (SSSR count). The Labute approximate surface area is 149 Å². The van der Waals surface area contributed by atoms with Gasteiger partial charge in [-0.3, -0.25) is 9.78 Å². The zero-order valence-corrected chi connectivity index (χ0v) is 14.7. The van der Waals surface area contributed by atoms with Crippen molar-refractivity contribution in [1.29, 1.82) is 0 Å². The number of carbonyl (C=O) groups excluding carboxylic acids is 1.